The molecule has 0 saturated carbocycles. The van der Waals surface area contributed by atoms with Crippen LogP contribution in [0.1, 0.15) is 33.1 Å². The summed E-state index contributed by atoms with van der Waals surface area (Å²) in [5.74, 6) is 0.597. The van der Waals surface area contributed by atoms with Crippen molar-refractivity contribution in [3.05, 3.63) is 0 Å². The van der Waals surface area contributed by atoms with Crippen molar-refractivity contribution < 1.29 is 5.11 Å². The topological polar surface area (TPSA) is 32.3 Å². The molecule has 0 bridgehead atoms. The average Bonchev–Trinajstić information content (AvgIpc) is 1.85. The Kier molecular flexibility index (Phi) is 2.90. The Morgan fingerprint density at radius 2 is 2.27 bits per heavy atom. The molecule has 11 heavy (non-hydrogen) atoms. The maximum Gasteiger partial charge on any atom is 0.0774 e. The largest absolute Gasteiger partial charge is 0.389 e. The lowest BCUT2D eigenvalue weighted by Crippen LogP contribution is -2.46. The molecule has 0 aromatic carbocycles. The minimum absolute atomic E-state index is 0.410. The van der Waals surface area contributed by atoms with E-state index < -0.39 is 5.60 Å². The van der Waals surface area contributed by atoms with Crippen LogP contribution in [-0.4, -0.2) is 23.8 Å². The summed E-state index contributed by atoms with van der Waals surface area (Å²) in [6.45, 7) is 6.17. The van der Waals surface area contributed by atoms with Crippen LogP contribution >= 0.6 is 0 Å². The molecule has 1 atom stereocenters. The summed E-state index contributed by atoms with van der Waals surface area (Å²) in [6.07, 6.45) is 3.02. The summed E-state index contributed by atoms with van der Waals surface area (Å²) in [4.78, 5) is 0. The van der Waals surface area contributed by atoms with Gasteiger partial charge < -0.3 is 10.4 Å². The lowest BCUT2D eigenvalue weighted by molar-refractivity contribution is -0.00189. The van der Waals surface area contributed by atoms with Gasteiger partial charge in [0.25, 0.3) is 0 Å². The van der Waals surface area contributed by atoms with Gasteiger partial charge in [-0.15, -0.1) is 0 Å². The minimum Gasteiger partial charge on any atom is -0.389 e. The van der Waals surface area contributed by atoms with Crippen LogP contribution in [0, 0.1) is 5.92 Å². The summed E-state index contributed by atoms with van der Waals surface area (Å²) < 4.78 is 0. The van der Waals surface area contributed by atoms with Crippen molar-refractivity contribution in [3.8, 4) is 0 Å². The fraction of sp³-hybridized carbons (Fsp3) is 1.00. The normalized spacial score (nSPS) is 32.7. The standard InChI is InChI=1S/C9H19NO/c1-8(2)6-9(11)4-3-5-10-7-9/h8,10-11H,3-7H2,1-2H3/t9-/m1/s1. The number of hydrogen-bond acceptors (Lipinski definition) is 2. The second kappa shape index (κ2) is 3.55. The summed E-state index contributed by atoms with van der Waals surface area (Å²) in [5.41, 5.74) is -0.410. The predicted molar refractivity (Wildman–Crippen MR) is 46.5 cm³/mol. The molecule has 2 nitrogen and oxygen atoms in total. The summed E-state index contributed by atoms with van der Waals surface area (Å²) in [5, 5.41) is 13.2. The second-order valence-electron chi connectivity index (χ2n) is 4.10. The Morgan fingerprint density at radius 1 is 1.55 bits per heavy atom. The van der Waals surface area contributed by atoms with E-state index >= 15 is 0 Å². The highest BCUT2D eigenvalue weighted by atomic mass is 16.3. The first-order valence-corrected chi connectivity index (χ1v) is 4.55. The fourth-order valence-corrected chi connectivity index (χ4v) is 1.89. The van der Waals surface area contributed by atoms with E-state index in [0.29, 0.717) is 5.92 Å². The molecular formula is C9H19NO. The van der Waals surface area contributed by atoms with Crippen LogP contribution in [0.25, 0.3) is 0 Å². The van der Waals surface area contributed by atoms with Crippen molar-refractivity contribution in [1.29, 1.82) is 0 Å². The zero-order valence-electron chi connectivity index (χ0n) is 7.56. The van der Waals surface area contributed by atoms with Gasteiger partial charge in [0.15, 0.2) is 0 Å². The summed E-state index contributed by atoms with van der Waals surface area (Å²) in [7, 11) is 0. The summed E-state index contributed by atoms with van der Waals surface area (Å²) >= 11 is 0. The molecule has 0 radical (unpaired) electrons. The Morgan fingerprint density at radius 3 is 2.73 bits per heavy atom. The molecule has 2 N–H and O–H groups in total. The second-order valence-corrected chi connectivity index (χ2v) is 4.10. The van der Waals surface area contributed by atoms with E-state index in [4.69, 9.17) is 0 Å². The molecule has 1 rings (SSSR count). The van der Waals surface area contributed by atoms with Gasteiger partial charge in [-0.05, 0) is 31.7 Å². The van der Waals surface area contributed by atoms with Crippen molar-refractivity contribution in [2.75, 3.05) is 13.1 Å². The maximum atomic E-state index is 9.98. The third-order valence-electron chi connectivity index (χ3n) is 2.24. The van der Waals surface area contributed by atoms with Crippen molar-refractivity contribution >= 4 is 0 Å². The van der Waals surface area contributed by atoms with Gasteiger partial charge in [0.05, 0.1) is 5.60 Å². The maximum absolute atomic E-state index is 9.98. The van der Waals surface area contributed by atoms with Gasteiger partial charge in [-0.3, -0.25) is 0 Å². The van der Waals surface area contributed by atoms with E-state index in [-0.39, 0.29) is 0 Å². The van der Waals surface area contributed by atoms with Gasteiger partial charge in [0.1, 0.15) is 0 Å². The molecule has 1 heterocycles. The number of rotatable bonds is 2. The Hall–Kier alpha value is -0.0800. The van der Waals surface area contributed by atoms with E-state index in [1.807, 2.05) is 0 Å². The number of hydrogen-bond donors (Lipinski definition) is 2. The van der Waals surface area contributed by atoms with E-state index in [1.54, 1.807) is 0 Å². The van der Waals surface area contributed by atoms with Crippen molar-refractivity contribution in [2.24, 2.45) is 5.92 Å². The molecule has 1 aliphatic heterocycles. The number of piperidine rings is 1. The van der Waals surface area contributed by atoms with E-state index in [1.165, 1.54) is 0 Å². The van der Waals surface area contributed by atoms with Crippen molar-refractivity contribution in [2.45, 2.75) is 38.7 Å². The van der Waals surface area contributed by atoms with Crippen LogP contribution in [0.15, 0.2) is 0 Å². The molecule has 2 heteroatoms. The van der Waals surface area contributed by atoms with Crippen LogP contribution in [0.4, 0.5) is 0 Å². The lowest BCUT2D eigenvalue weighted by atomic mass is 9.86. The third kappa shape index (κ3) is 2.80. The Balaban J connectivity index is 2.37. The van der Waals surface area contributed by atoms with Gasteiger partial charge >= 0.3 is 0 Å². The monoisotopic (exact) mass is 157 g/mol. The molecule has 0 spiro atoms. The van der Waals surface area contributed by atoms with Gasteiger partial charge in [0.2, 0.25) is 0 Å². The SMILES string of the molecule is CC(C)C[C@]1(O)CCCNC1. The molecule has 66 valence electrons. The van der Waals surface area contributed by atoms with Crippen LogP contribution < -0.4 is 5.32 Å². The average molecular weight is 157 g/mol. The highest BCUT2D eigenvalue weighted by Crippen LogP contribution is 2.23. The number of nitrogens with one attached hydrogen (secondary N) is 1. The lowest BCUT2D eigenvalue weighted by Gasteiger charge is -2.33. The molecule has 0 aromatic heterocycles. The first-order valence-electron chi connectivity index (χ1n) is 4.55. The first-order chi connectivity index (χ1) is 5.12. The highest BCUT2D eigenvalue weighted by molar-refractivity contribution is 4.85. The van der Waals surface area contributed by atoms with E-state index in [0.717, 1.165) is 32.4 Å². The molecule has 0 unspecified atom stereocenters. The molecule has 0 amide bonds. The first kappa shape index (κ1) is 9.01. The van der Waals surface area contributed by atoms with Gasteiger partial charge in [0, 0.05) is 6.54 Å². The highest BCUT2D eigenvalue weighted by Gasteiger charge is 2.29. The van der Waals surface area contributed by atoms with Gasteiger partial charge in [-0.1, -0.05) is 13.8 Å². The smallest absolute Gasteiger partial charge is 0.0774 e. The fourth-order valence-electron chi connectivity index (χ4n) is 1.89. The van der Waals surface area contributed by atoms with E-state index in [2.05, 4.69) is 19.2 Å². The predicted octanol–water partition coefficient (Wildman–Crippen LogP) is 1.15. The van der Waals surface area contributed by atoms with E-state index in [9.17, 15) is 5.11 Å². The van der Waals surface area contributed by atoms with Crippen LogP contribution in [-0.2, 0) is 0 Å². The molecular weight excluding hydrogens is 138 g/mol. The Labute approximate surface area is 69.0 Å². The molecule has 0 aliphatic carbocycles. The third-order valence-corrected chi connectivity index (χ3v) is 2.24. The van der Waals surface area contributed by atoms with Crippen LogP contribution in [0.3, 0.4) is 0 Å². The molecule has 1 aliphatic rings. The minimum atomic E-state index is -0.410. The zero-order chi connectivity index (χ0) is 8.32. The quantitative estimate of drug-likeness (QED) is 0.630. The van der Waals surface area contributed by atoms with Crippen LogP contribution in [0.2, 0.25) is 0 Å². The molecule has 1 fully saturated rings. The molecule has 1 saturated heterocycles. The van der Waals surface area contributed by atoms with Gasteiger partial charge in [-0.2, -0.15) is 0 Å². The van der Waals surface area contributed by atoms with Gasteiger partial charge in [-0.25, -0.2) is 0 Å². The summed E-state index contributed by atoms with van der Waals surface area (Å²) in [6, 6.07) is 0. The molecule has 0 aromatic rings. The Bertz CT molecular complexity index is 117. The number of aliphatic hydroxyl groups is 1. The number of β-amino-alcohol motifs (C(OH)–C–C–N with tert-alkyl or cyclic N) is 1. The van der Waals surface area contributed by atoms with Crippen molar-refractivity contribution in [1.82, 2.24) is 5.32 Å². The van der Waals surface area contributed by atoms with Crippen LogP contribution in [0.5, 0.6) is 0 Å². The van der Waals surface area contributed by atoms with Crippen molar-refractivity contribution in [3.63, 3.8) is 0 Å². The zero-order valence-corrected chi connectivity index (χ0v) is 7.56.